The third kappa shape index (κ3) is 3.46. The summed E-state index contributed by atoms with van der Waals surface area (Å²) in [7, 11) is 0. The summed E-state index contributed by atoms with van der Waals surface area (Å²) in [6, 6.07) is 10.8. The summed E-state index contributed by atoms with van der Waals surface area (Å²) < 4.78 is 3.26. The molecule has 26 heavy (non-hydrogen) atoms. The predicted molar refractivity (Wildman–Crippen MR) is 106 cm³/mol. The Morgan fingerprint density at radius 3 is 3.00 bits per heavy atom. The van der Waals surface area contributed by atoms with Crippen LogP contribution in [0.3, 0.4) is 0 Å². The van der Waals surface area contributed by atoms with Crippen molar-refractivity contribution in [3.8, 4) is 0 Å². The van der Waals surface area contributed by atoms with Crippen molar-refractivity contribution in [3.05, 3.63) is 53.2 Å². The van der Waals surface area contributed by atoms with Crippen LogP contribution in [0.4, 0.5) is 4.79 Å². The number of urea groups is 1. The minimum absolute atomic E-state index is 0.00669. The Balaban J connectivity index is 1.42. The van der Waals surface area contributed by atoms with Gasteiger partial charge < -0.3 is 10.2 Å². The van der Waals surface area contributed by atoms with Crippen molar-refractivity contribution >= 4 is 27.5 Å². The van der Waals surface area contributed by atoms with Crippen LogP contribution >= 0.6 is 11.3 Å². The second-order valence-corrected chi connectivity index (χ2v) is 8.21. The molecule has 2 unspecified atom stereocenters. The lowest BCUT2D eigenvalue weighted by atomic mass is 10.1. The largest absolute Gasteiger partial charge is 0.331 e. The van der Waals surface area contributed by atoms with Crippen molar-refractivity contribution in [3.63, 3.8) is 0 Å². The zero-order valence-electron chi connectivity index (χ0n) is 15.2. The molecule has 0 saturated carbocycles. The van der Waals surface area contributed by atoms with Gasteiger partial charge >= 0.3 is 6.03 Å². The first-order valence-electron chi connectivity index (χ1n) is 9.15. The van der Waals surface area contributed by atoms with Gasteiger partial charge in [-0.25, -0.2) is 4.79 Å². The number of amides is 2. The van der Waals surface area contributed by atoms with E-state index in [-0.39, 0.29) is 18.1 Å². The highest BCUT2D eigenvalue weighted by atomic mass is 32.1. The van der Waals surface area contributed by atoms with Gasteiger partial charge in [0.2, 0.25) is 0 Å². The summed E-state index contributed by atoms with van der Waals surface area (Å²) >= 11 is 1.75. The van der Waals surface area contributed by atoms with Crippen LogP contribution in [0.25, 0.3) is 10.1 Å². The highest BCUT2D eigenvalue weighted by Crippen LogP contribution is 2.30. The predicted octanol–water partition coefficient (Wildman–Crippen LogP) is 4.51. The van der Waals surface area contributed by atoms with E-state index in [2.05, 4.69) is 47.8 Å². The number of rotatable bonds is 3. The summed E-state index contributed by atoms with van der Waals surface area (Å²) in [6.07, 6.45) is 6.01. The van der Waals surface area contributed by atoms with Crippen LogP contribution < -0.4 is 5.32 Å². The molecule has 2 aromatic heterocycles. The van der Waals surface area contributed by atoms with Crippen molar-refractivity contribution in [1.29, 1.82) is 0 Å². The average Bonchev–Trinajstić information content (AvgIpc) is 3.28. The van der Waals surface area contributed by atoms with E-state index in [0.29, 0.717) is 6.54 Å². The maximum atomic E-state index is 12.8. The highest BCUT2D eigenvalue weighted by Gasteiger charge is 2.26. The van der Waals surface area contributed by atoms with Gasteiger partial charge in [0.25, 0.3) is 0 Å². The Morgan fingerprint density at radius 1 is 1.38 bits per heavy atom. The molecule has 4 rings (SSSR count). The maximum Gasteiger partial charge on any atom is 0.317 e. The van der Waals surface area contributed by atoms with E-state index in [1.165, 1.54) is 15.0 Å². The number of likely N-dealkylation sites (tertiary alicyclic amines) is 1. The summed E-state index contributed by atoms with van der Waals surface area (Å²) in [5, 5.41) is 8.83. The molecular formula is C20H24N4OS. The number of thiophene rings is 1. The third-order valence-electron chi connectivity index (χ3n) is 5.00. The van der Waals surface area contributed by atoms with Crippen LogP contribution in [-0.4, -0.2) is 33.8 Å². The molecule has 1 aromatic carbocycles. The number of hydrogen-bond acceptors (Lipinski definition) is 3. The van der Waals surface area contributed by atoms with E-state index < -0.39 is 0 Å². The van der Waals surface area contributed by atoms with Crippen molar-refractivity contribution in [1.82, 2.24) is 20.0 Å². The van der Waals surface area contributed by atoms with Crippen LogP contribution in [0, 0.1) is 6.92 Å². The molecule has 1 fully saturated rings. The molecule has 5 nitrogen and oxygen atoms in total. The van der Waals surface area contributed by atoms with Crippen LogP contribution in [0.2, 0.25) is 0 Å². The monoisotopic (exact) mass is 368 g/mol. The fraction of sp³-hybridized carbons (Fsp3) is 0.400. The van der Waals surface area contributed by atoms with E-state index in [1.807, 2.05) is 28.8 Å². The molecular weight excluding hydrogens is 344 g/mol. The molecule has 3 aromatic rings. The molecule has 1 N–H and O–H groups in total. The number of benzene rings is 1. The second kappa shape index (κ2) is 7.11. The topological polar surface area (TPSA) is 50.2 Å². The van der Waals surface area contributed by atoms with Crippen LogP contribution in [0.5, 0.6) is 0 Å². The van der Waals surface area contributed by atoms with E-state index in [9.17, 15) is 4.79 Å². The third-order valence-corrected chi connectivity index (χ3v) is 6.30. The summed E-state index contributed by atoms with van der Waals surface area (Å²) in [5.74, 6) is 0. The number of hydrogen-bond donors (Lipinski definition) is 1. The lowest BCUT2D eigenvalue weighted by Crippen LogP contribution is -2.46. The van der Waals surface area contributed by atoms with Gasteiger partial charge in [0.1, 0.15) is 0 Å². The van der Waals surface area contributed by atoms with Crippen molar-refractivity contribution in [2.45, 2.75) is 38.8 Å². The normalized spacial score (nSPS) is 18.8. The lowest BCUT2D eigenvalue weighted by Gasteiger charge is -2.33. The maximum absolute atomic E-state index is 12.8. The van der Waals surface area contributed by atoms with Gasteiger partial charge in [-0.05, 0) is 49.8 Å². The average molecular weight is 369 g/mol. The molecule has 0 spiro atoms. The summed E-state index contributed by atoms with van der Waals surface area (Å²) in [4.78, 5) is 15.9. The Bertz CT molecular complexity index is 882. The number of fused-ring (bicyclic) bond motifs is 1. The van der Waals surface area contributed by atoms with Crippen molar-refractivity contribution in [2.24, 2.45) is 0 Å². The smallest absolute Gasteiger partial charge is 0.317 e. The van der Waals surface area contributed by atoms with Gasteiger partial charge in [-0.2, -0.15) is 5.10 Å². The van der Waals surface area contributed by atoms with Gasteiger partial charge in [0, 0.05) is 28.9 Å². The van der Waals surface area contributed by atoms with E-state index in [1.54, 1.807) is 11.3 Å². The first kappa shape index (κ1) is 17.1. The van der Waals surface area contributed by atoms with Gasteiger partial charge in [-0.3, -0.25) is 4.68 Å². The number of carbonyl (C=O) groups is 1. The van der Waals surface area contributed by atoms with Crippen LogP contribution in [0.15, 0.2) is 42.7 Å². The molecule has 0 radical (unpaired) electrons. The Morgan fingerprint density at radius 2 is 2.23 bits per heavy atom. The zero-order valence-corrected chi connectivity index (χ0v) is 16.0. The van der Waals surface area contributed by atoms with Gasteiger partial charge in [-0.1, -0.05) is 18.2 Å². The highest BCUT2D eigenvalue weighted by molar-refractivity contribution is 7.19. The van der Waals surface area contributed by atoms with E-state index in [0.717, 1.165) is 24.9 Å². The van der Waals surface area contributed by atoms with Crippen molar-refractivity contribution < 1.29 is 4.79 Å². The number of aryl methyl sites for hydroxylation is 1. The first-order valence-corrected chi connectivity index (χ1v) is 9.96. The molecule has 2 atom stereocenters. The molecule has 0 bridgehead atoms. The van der Waals surface area contributed by atoms with Gasteiger partial charge in [0.15, 0.2) is 0 Å². The number of carbonyl (C=O) groups excluding carboxylic acids is 1. The van der Waals surface area contributed by atoms with Crippen LogP contribution in [-0.2, 0) is 0 Å². The van der Waals surface area contributed by atoms with Gasteiger partial charge in [-0.15, -0.1) is 11.3 Å². The molecule has 6 heteroatoms. The molecule has 136 valence electrons. The van der Waals surface area contributed by atoms with E-state index in [4.69, 9.17) is 0 Å². The fourth-order valence-corrected chi connectivity index (χ4v) is 4.62. The standard InChI is InChI=1S/C20H24N4OS/c1-14-11-21-24(12-14)17-7-5-9-23(13-17)20(25)22-15(2)19-10-16-6-3-4-8-18(16)26-19/h3-4,6,8,10-12,15,17H,5,7,9,13H2,1-2H3,(H,22,25). The molecule has 0 aliphatic carbocycles. The van der Waals surface area contributed by atoms with E-state index >= 15 is 0 Å². The number of piperidine rings is 1. The zero-order chi connectivity index (χ0) is 18.1. The quantitative estimate of drug-likeness (QED) is 0.739. The minimum Gasteiger partial charge on any atom is -0.331 e. The SMILES string of the molecule is Cc1cnn(C2CCCN(C(=O)NC(C)c3cc4ccccc4s3)C2)c1. The molecule has 2 amide bonds. The Labute approximate surface area is 157 Å². The molecule has 1 saturated heterocycles. The summed E-state index contributed by atoms with van der Waals surface area (Å²) in [6.45, 7) is 5.62. The minimum atomic E-state index is 0.00669. The molecule has 3 heterocycles. The molecule has 1 aliphatic rings. The van der Waals surface area contributed by atoms with Crippen LogP contribution in [0.1, 0.15) is 42.3 Å². The second-order valence-electron chi connectivity index (χ2n) is 7.10. The lowest BCUT2D eigenvalue weighted by molar-refractivity contribution is 0.161. The summed E-state index contributed by atoms with van der Waals surface area (Å²) in [5.41, 5.74) is 1.16. The molecule has 1 aliphatic heterocycles. The number of nitrogens with one attached hydrogen (secondary N) is 1. The number of aromatic nitrogens is 2. The number of nitrogens with zero attached hydrogens (tertiary/aromatic N) is 3. The van der Waals surface area contributed by atoms with Crippen molar-refractivity contribution in [2.75, 3.05) is 13.1 Å². The fourth-order valence-electron chi connectivity index (χ4n) is 3.55. The first-order chi connectivity index (χ1) is 12.6. The Kier molecular flexibility index (Phi) is 4.68. The van der Waals surface area contributed by atoms with Gasteiger partial charge in [0.05, 0.1) is 18.3 Å². The Hall–Kier alpha value is -2.34.